The molecule has 1 unspecified atom stereocenters. The molecule has 0 bridgehead atoms. The molecule has 0 N–H and O–H groups in total. The van der Waals surface area contributed by atoms with E-state index >= 15 is 0 Å². The summed E-state index contributed by atoms with van der Waals surface area (Å²) in [6, 6.07) is 9.24. The maximum Gasteiger partial charge on any atom is 0.232 e. The zero-order valence-electron chi connectivity index (χ0n) is 16.4. The van der Waals surface area contributed by atoms with Gasteiger partial charge in [0.05, 0.1) is 10.7 Å². The number of benzene rings is 2. The monoisotopic (exact) mass is 465 g/mol. The lowest BCUT2D eigenvalue weighted by atomic mass is 9.69. The van der Waals surface area contributed by atoms with E-state index in [-0.39, 0.29) is 28.5 Å². The molecule has 2 aromatic rings. The smallest absolute Gasteiger partial charge is 0.232 e. The largest absolute Gasteiger partial charge is 0.294 e. The highest BCUT2D eigenvalue weighted by Crippen LogP contribution is 2.49. The third kappa shape index (κ3) is 3.77. The topological polar surface area (TPSA) is 37.4 Å². The summed E-state index contributed by atoms with van der Waals surface area (Å²) >= 11 is 18.4. The molecule has 156 valence electrons. The number of rotatable bonds is 2. The first kappa shape index (κ1) is 21.4. The number of amides is 1. The van der Waals surface area contributed by atoms with Gasteiger partial charge in [0.25, 0.3) is 0 Å². The van der Waals surface area contributed by atoms with Gasteiger partial charge in [0, 0.05) is 40.1 Å². The van der Waals surface area contributed by atoms with E-state index in [0.29, 0.717) is 45.4 Å². The number of halogens is 4. The summed E-state index contributed by atoms with van der Waals surface area (Å²) < 4.78 is 13.7. The van der Waals surface area contributed by atoms with Gasteiger partial charge in [-0.1, -0.05) is 54.7 Å². The fraction of sp³-hybridized carbons (Fsp3) is 0.304. The lowest BCUT2D eigenvalue weighted by Gasteiger charge is -2.43. The number of allylic oxidation sites excluding steroid dienone is 2. The van der Waals surface area contributed by atoms with Crippen LogP contribution in [0.25, 0.3) is 0 Å². The van der Waals surface area contributed by atoms with Crippen molar-refractivity contribution in [2.24, 2.45) is 5.41 Å². The van der Waals surface area contributed by atoms with Crippen LogP contribution < -0.4 is 4.90 Å². The van der Waals surface area contributed by atoms with Crippen molar-refractivity contribution in [2.75, 3.05) is 4.90 Å². The molecule has 0 fully saturated rings. The Morgan fingerprint density at radius 2 is 1.73 bits per heavy atom. The van der Waals surface area contributed by atoms with Crippen LogP contribution in [0, 0.1) is 11.2 Å². The molecule has 1 aliphatic carbocycles. The van der Waals surface area contributed by atoms with Crippen molar-refractivity contribution in [2.45, 2.75) is 39.0 Å². The highest BCUT2D eigenvalue weighted by atomic mass is 35.5. The summed E-state index contributed by atoms with van der Waals surface area (Å²) in [6.45, 7) is 3.99. The predicted octanol–water partition coefficient (Wildman–Crippen LogP) is 6.95. The number of carbonyl (C=O) groups excluding carboxylic acids is 2. The van der Waals surface area contributed by atoms with Gasteiger partial charge in [0.1, 0.15) is 5.82 Å². The van der Waals surface area contributed by atoms with E-state index in [9.17, 15) is 14.0 Å². The van der Waals surface area contributed by atoms with Crippen molar-refractivity contribution in [3.05, 3.63) is 74.1 Å². The quantitative estimate of drug-likeness (QED) is 0.480. The minimum Gasteiger partial charge on any atom is -0.294 e. The lowest BCUT2D eigenvalue weighted by Crippen LogP contribution is -2.43. The number of hydrogen-bond donors (Lipinski definition) is 0. The summed E-state index contributed by atoms with van der Waals surface area (Å²) in [5.41, 5.74) is 2.05. The first-order chi connectivity index (χ1) is 14.1. The third-order valence-corrected chi connectivity index (χ3v) is 6.49. The van der Waals surface area contributed by atoms with Crippen molar-refractivity contribution < 1.29 is 14.0 Å². The van der Waals surface area contributed by atoms with Crippen LogP contribution in [0.5, 0.6) is 0 Å². The van der Waals surface area contributed by atoms with Gasteiger partial charge in [-0.15, -0.1) is 0 Å². The van der Waals surface area contributed by atoms with E-state index in [1.807, 2.05) is 13.8 Å². The third-order valence-electron chi connectivity index (χ3n) is 5.64. The van der Waals surface area contributed by atoms with Crippen molar-refractivity contribution in [1.82, 2.24) is 0 Å². The molecular weight excluding hydrogens is 448 g/mol. The highest BCUT2D eigenvalue weighted by Gasteiger charge is 2.44. The maximum atomic E-state index is 13.7. The molecule has 4 rings (SSSR count). The van der Waals surface area contributed by atoms with E-state index in [2.05, 4.69) is 0 Å². The van der Waals surface area contributed by atoms with Crippen LogP contribution in [0.1, 0.15) is 44.6 Å². The molecule has 0 saturated carbocycles. The second kappa shape index (κ2) is 7.67. The van der Waals surface area contributed by atoms with Gasteiger partial charge in [-0.3, -0.25) is 14.5 Å². The van der Waals surface area contributed by atoms with Crippen LogP contribution in [0.15, 0.2) is 47.7 Å². The molecule has 30 heavy (non-hydrogen) atoms. The summed E-state index contributed by atoms with van der Waals surface area (Å²) in [5.74, 6) is -1.22. The van der Waals surface area contributed by atoms with Crippen molar-refractivity contribution in [1.29, 1.82) is 0 Å². The van der Waals surface area contributed by atoms with E-state index in [4.69, 9.17) is 34.8 Å². The first-order valence-corrected chi connectivity index (χ1v) is 10.7. The average molecular weight is 467 g/mol. The van der Waals surface area contributed by atoms with Gasteiger partial charge in [-0.2, -0.15) is 0 Å². The minimum absolute atomic E-state index is 0.0111. The number of ketones is 1. The Morgan fingerprint density at radius 3 is 2.40 bits per heavy atom. The Labute approximate surface area is 189 Å². The molecular formula is C23H19Cl3FNO2. The summed E-state index contributed by atoms with van der Waals surface area (Å²) in [7, 11) is 0. The molecule has 0 radical (unpaired) electrons. The molecule has 1 heterocycles. The fourth-order valence-corrected chi connectivity index (χ4v) is 5.10. The molecule has 3 nitrogen and oxygen atoms in total. The Morgan fingerprint density at radius 1 is 1.00 bits per heavy atom. The van der Waals surface area contributed by atoms with Crippen LogP contribution in [0.2, 0.25) is 15.1 Å². The summed E-state index contributed by atoms with van der Waals surface area (Å²) in [4.78, 5) is 28.1. The van der Waals surface area contributed by atoms with Crippen LogP contribution >= 0.6 is 34.8 Å². The Kier molecular flexibility index (Phi) is 5.46. The second-order valence-electron chi connectivity index (χ2n) is 8.55. The van der Waals surface area contributed by atoms with Crippen LogP contribution in [-0.2, 0) is 9.59 Å². The van der Waals surface area contributed by atoms with E-state index in [1.165, 1.54) is 23.1 Å². The first-order valence-electron chi connectivity index (χ1n) is 9.56. The number of carbonyl (C=O) groups is 2. The average Bonchev–Trinajstić information content (AvgIpc) is 2.62. The van der Waals surface area contributed by atoms with Crippen LogP contribution in [0.3, 0.4) is 0 Å². The Balaban J connectivity index is 1.92. The standard InChI is InChI=1S/C23H19Cl3FNO2/c1-23(2)10-19-22(20(29)11-23)15(14-5-3-12(24)7-16(14)25)9-21(30)28(19)13-4-6-18(27)17(26)8-13/h3-8,15H,9-11H2,1-2H3. The van der Waals surface area contributed by atoms with Gasteiger partial charge in [-0.25, -0.2) is 4.39 Å². The number of Topliss-reactive ketones (excluding diaryl/α,β-unsaturated/α-hetero) is 1. The maximum absolute atomic E-state index is 13.7. The zero-order valence-corrected chi connectivity index (χ0v) is 18.7. The highest BCUT2D eigenvalue weighted by molar-refractivity contribution is 6.35. The van der Waals surface area contributed by atoms with Crippen molar-refractivity contribution >= 4 is 52.2 Å². The summed E-state index contributed by atoms with van der Waals surface area (Å²) in [6.07, 6.45) is 0.970. The molecule has 1 aliphatic heterocycles. The predicted molar refractivity (Wildman–Crippen MR) is 118 cm³/mol. The van der Waals surface area contributed by atoms with E-state index in [0.717, 1.165) is 0 Å². The molecule has 1 amide bonds. The molecule has 1 atom stereocenters. The summed E-state index contributed by atoms with van der Waals surface area (Å²) in [5, 5.41) is 0.827. The number of nitrogens with zero attached hydrogens (tertiary/aromatic N) is 1. The lowest BCUT2D eigenvalue weighted by molar-refractivity contribution is -0.121. The Bertz CT molecular complexity index is 1110. The van der Waals surface area contributed by atoms with Crippen LogP contribution in [0.4, 0.5) is 10.1 Å². The molecule has 0 saturated heterocycles. The van der Waals surface area contributed by atoms with Crippen molar-refractivity contribution in [3.8, 4) is 0 Å². The van der Waals surface area contributed by atoms with E-state index in [1.54, 1.807) is 18.2 Å². The zero-order chi connectivity index (χ0) is 21.8. The molecule has 0 aromatic heterocycles. The van der Waals surface area contributed by atoms with Crippen molar-refractivity contribution in [3.63, 3.8) is 0 Å². The molecule has 2 aliphatic rings. The Hall–Kier alpha value is -1.88. The van der Waals surface area contributed by atoms with Gasteiger partial charge >= 0.3 is 0 Å². The number of hydrogen-bond acceptors (Lipinski definition) is 2. The fourth-order valence-electron chi connectivity index (χ4n) is 4.39. The molecule has 2 aromatic carbocycles. The van der Waals surface area contributed by atoms with Gasteiger partial charge in [-0.05, 0) is 47.7 Å². The van der Waals surface area contributed by atoms with Gasteiger partial charge in [0.2, 0.25) is 5.91 Å². The van der Waals surface area contributed by atoms with Gasteiger partial charge < -0.3 is 0 Å². The normalized spacial score (nSPS) is 21.1. The second-order valence-corrected chi connectivity index (χ2v) is 9.80. The van der Waals surface area contributed by atoms with E-state index < -0.39 is 11.7 Å². The SMILES string of the molecule is CC1(C)CC(=O)C2=C(C1)N(c1ccc(F)c(Cl)c1)C(=O)CC2c1ccc(Cl)cc1Cl. The van der Waals surface area contributed by atoms with Gasteiger partial charge in [0.15, 0.2) is 5.78 Å². The minimum atomic E-state index is -0.565. The van der Waals surface area contributed by atoms with Crippen LogP contribution in [-0.4, -0.2) is 11.7 Å². The number of anilines is 1. The molecule has 0 spiro atoms. The molecule has 7 heteroatoms.